The van der Waals surface area contributed by atoms with Crippen molar-refractivity contribution in [1.82, 2.24) is 9.97 Å². The van der Waals surface area contributed by atoms with Gasteiger partial charge >= 0.3 is 0 Å². The maximum atomic E-state index is 10.5. The average molecular weight is 815 g/mol. The Hall–Kier alpha value is -5.57. The number of phenols is 1. The van der Waals surface area contributed by atoms with E-state index in [1.807, 2.05) is 54.7 Å². The summed E-state index contributed by atoms with van der Waals surface area (Å²) in [6.45, 7) is 2.24. The van der Waals surface area contributed by atoms with Crippen molar-refractivity contribution in [3.8, 4) is 61.8 Å². The molecule has 0 aliphatic rings. The first-order chi connectivity index (χ1) is 23.6. The van der Waals surface area contributed by atoms with Crippen LogP contribution >= 0.6 is 0 Å². The third kappa shape index (κ3) is 6.48. The predicted octanol–water partition coefficient (Wildman–Crippen LogP) is 11.2. The van der Waals surface area contributed by atoms with Gasteiger partial charge in [0.1, 0.15) is 11.3 Å². The number of aromatic nitrogens is 2. The fraction of sp³-hybridized carbons (Fsp3) is 0.0455. The van der Waals surface area contributed by atoms with Crippen LogP contribution < -0.4 is 0 Å². The Bertz CT molecular complexity index is 2370. The molecule has 2 heterocycles. The summed E-state index contributed by atoms with van der Waals surface area (Å²) in [7, 11) is 0. The third-order valence-electron chi connectivity index (χ3n) is 8.90. The molecule has 1 atom stereocenters. The second-order valence-electron chi connectivity index (χ2n) is 11.9. The van der Waals surface area contributed by atoms with Gasteiger partial charge in [-0.2, -0.15) is 0 Å². The van der Waals surface area contributed by atoms with Crippen LogP contribution in [0, 0.1) is 6.07 Å². The monoisotopic (exact) mass is 814 g/mol. The Morgan fingerprint density at radius 3 is 2.02 bits per heavy atom. The smallest absolute Gasteiger partial charge is 0.230 e. The zero-order chi connectivity index (χ0) is 32.5. The van der Waals surface area contributed by atoms with Crippen molar-refractivity contribution in [2.75, 3.05) is 0 Å². The van der Waals surface area contributed by atoms with Crippen molar-refractivity contribution in [2.24, 2.45) is 0 Å². The van der Waals surface area contributed by atoms with Gasteiger partial charge in [-0.25, -0.2) is 4.98 Å². The first kappa shape index (κ1) is 32.0. The molecular weight excluding hydrogens is 784 g/mol. The summed E-state index contributed by atoms with van der Waals surface area (Å²) < 4.78 is 6.17. The van der Waals surface area contributed by atoms with Gasteiger partial charge in [-0.15, -0.1) is 23.8 Å². The maximum absolute atomic E-state index is 10.5. The van der Waals surface area contributed by atoms with E-state index in [9.17, 15) is 5.11 Å². The van der Waals surface area contributed by atoms with Crippen molar-refractivity contribution in [1.29, 1.82) is 0 Å². The summed E-state index contributed by atoms with van der Waals surface area (Å²) in [5.41, 5.74) is 12.3. The van der Waals surface area contributed by atoms with Crippen molar-refractivity contribution >= 4 is 11.1 Å². The van der Waals surface area contributed by atoms with E-state index in [1.54, 1.807) is 18.2 Å². The summed E-state index contributed by atoms with van der Waals surface area (Å²) in [6, 6.07) is 54.9. The quantitative estimate of drug-likeness (QED) is 0.163. The number of pyridine rings is 1. The van der Waals surface area contributed by atoms with Gasteiger partial charge in [-0.1, -0.05) is 139 Å². The van der Waals surface area contributed by atoms with Crippen molar-refractivity contribution in [3.05, 3.63) is 175 Å². The van der Waals surface area contributed by atoms with Crippen LogP contribution in [0.15, 0.2) is 162 Å². The Labute approximate surface area is 300 Å². The van der Waals surface area contributed by atoms with Crippen molar-refractivity contribution in [2.45, 2.75) is 12.8 Å². The summed E-state index contributed by atoms with van der Waals surface area (Å²) in [4.78, 5) is 9.67. The van der Waals surface area contributed by atoms with Crippen LogP contribution in [-0.4, -0.2) is 15.1 Å². The molecule has 6 aromatic carbocycles. The first-order valence-corrected chi connectivity index (χ1v) is 16.0. The standard InChI is InChI=1S/C44H31N2O2.Pt/c1-29(30-11-4-2-5-12-30)31-19-21-33(22-20-31)35-25-36(27-37(26-35)40-28-34(23-24-45-40)32-13-6-3-7-14-32)38-16-10-18-42-43(38)46-44(48-42)39-15-8-9-17-41(39)47;/h2-26,28-29,47H,1H3;/q-1;. The van der Waals surface area contributed by atoms with E-state index >= 15 is 0 Å². The molecule has 5 heteroatoms. The molecular formula is C44H31N2O2Pt-. The fourth-order valence-corrected chi connectivity index (χ4v) is 6.24. The minimum Gasteiger partial charge on any atom is -0.507 e. The van der Waals surface area contributed by atoms with Gasteiger partial charge in [0.25, 0.3) is 0 Å². The van der Waals surface area contributed by atoms with Gasteiger partial charge < -0.3 is 9.52 Å². The molecule has 8 rings (SSSR count). The van der Waals surface area contributed by atoms with Crippen LogP contribution in [0.25, 0.3) is 67.2 Å². The number of hydrogen-bond acceptors (Lipinski definition) is 4. The van der Waals surface area contributed by atoms with Crippen LogP contribution in [0.4, 0.5) is 0 Å². The molecule has 4 nitrogen and oxygen atoms in total. The molecule has 0 radical (unpaired) electrons. The molecule has 2 aromatic heterocycles. The molecule has 0 saturated heterocycles. The molecule has 0 spiro atoms. The Morgan fingerprint density at radius 1 is 0.592 bits per heavy atom. The van der Waals surface area contributed by atoms with Crippen LogP contribution in [-0.2, 0) is 21.1 Å². The number of benzene rings is 6. The summed E-state index contributed by atoms with van der Waals surface area (Å²) in [5.74, 6) is 0.770. The van der Waals surface area contributed by atoms with E-state index < -0.39 is 0 Å². The number of rotatable bonds is 7. The molecule has 49 heavy (non-hydrogen) atoms. The number of nitrogens with zero attached hydrogens (tertiary/aromatic N) is 2. The SMILES string of the molecule is CC(c1ccccc1)c1ccc(-c2cc(-c3cc(-c4ccccc4)ccn3)[c-]c(-c3cccc4oc(-c5ccccc5O)nc34)c2)cc1.[Pt]. The van der Waals surface area contributed by atoms with Crippen LogP contribution in [0.3, 0.4) is 0 Å². The number of fused-ring (bicyclic) bond motifs is 1. The molecule has 0 amide bonds. The molecule has 0 aliphatic carbocycles. The second-order valence-corrected chi connectivity index (χ2v) is 11.9. The molecule has 240 valence electrons. The molecule has 1 unspecified atom stereocenters. The molecule has 0 fully saturated rings. The maximum Gasteiger partial charge on any atom is 0.230 e. The summed E-state index contributed by atoms with van der Waals surface area (Å²) in [5, 5.41) is 10.5. The number of hydrogen-bond donors (Lipinski definition) is 1. The topological polar surface area (TPSA) is 59.2 Å². The van der Waals surface area contributed by atoms with Crippen molar-refractivity contribution in [3.63, 3.8) is 0 Å². The molecule has 0 bridgehead atoms. The van der Waals surface area contributed by atoms with E-state index in [4.69, 9.17) is 14.4 Å². The predicted molar refractivity (Wildman–Crippen MR) is 193 cm³/mol. The van der Waals surface area contributed by atoms with E-state index in [1.165, 1.54) is 11.1 Å². The number of phenolic OH excluding ortho intramolecular Hbond substituents is 1. The first-order valence-electron chi connectivity index (χ1n) is 16.0. The van der Waals surface area contributed by atoms with E-state index in [2.05, 4.69) is 97.9 Å². The van der Waals surface area contributed by atoms with Gasteiger partial charge in [0.05, 0.1) is 11.1 Å². The average Bonchev–Trinajstić information content (AvgIpc) is 3.60. The van der Waals surface area contributed by atoms with Gasteiger partial charge in [-0.3, -0.25) is 4.98 Å². The summed E-state index contributed by atoms with van der Waals surface area (Å²) in [6.07, 6.45) is 1.86. The zero-order valence-corrected chi connectivity index (χ0v) is 28.9. The minimum atomic E-state index is 0. The second kappa shape index (κ2) is 13.9. The Balaban J connectivity index is 0.00000378. The normalized spacial score (nSPS) is 11.6. The van der Waals surface area contributed by atoms with Gasteiger partial charge in [0.15, 0.2) is 0 Å². The van der Waals surface area contributed by atoms with Gasteiger partial charge in [-0.05, 0) is 52.1 Å². The third-order valence-corrected chi connectivity index (χ3v) is 8.90. The molecule has 0 saturated carbocycles. The van der Waals surface area contributed by atoms with Gasteiger partial charge in [0, 0.05) is 38.9 Å². The Kier molecular flexibility index (Phi) is 9.07. The Morgan fingerprint density at radius 2 is 1.24 bits per heavy atom. The van der Waals surface area contributed by atoms with E-state index in [0.717, 1.165) is 44.6 Å². The van der Waals surface area contributed by atoms with Crippen molar-refractivity contribution < 1.29 is 30.6 Å². The van der Waals surface area contributed by atoms with Gasteiger partial charge in [0.2, 0.25) is 5.89 Å². The molecule has 1 N–H and O–H groups in total. The van der Waals surface area contributed by atoms with E-state index in [0.29, 0.717) is 22.6 Å². The fourth-order valence-electron chi connectivity index (χ4n) is 6.24. The van der Waals surface area contributed by atoms with Crippen LogP contribution in [0.2, 0.25) is 0 Å². The minimum absolute atomic E-state index is 0. The number of oxazole rings is 1. The van der Waals surface area contributed by atoms with Crippen LogP contribution in [0.5, 0.6) is 5.75 Å². The number of para-hydroxylation sites is 2. The summed E-state index contributed by atoms with van der Waals surface area (Å²) >= 11 is 0. The largest absolute Gasteiger partial charge is 0.507 e. The number of aromatic hydroxyl groups is 1. The zero-order valence-electron chi connectivity index (χ0n) is 26.7. The van der Waals surface area contributed by atoms with Crippen LogP contribution in [0.1, 0.15) is 24.0 Å². The van der Waals surface area contributed by atoms with E-state index in [-0.39, 0.29) is 32.7 Å². The molecule has 0 aliphatic heterocycles. The molecule has 8 aromatic rings.